The van der Waals surface area contributed by atoms with Crippen LogP contribution in [0.1, 0.15) is 28.8 Å². The SMILES string of the molecule is Cc1cc(NC(=O)C2CCCN2)ccc1C(N)=O.Cl. The van der Waals surface area contributed by atoms with E-state index in [1.54, 1.807) is 25.1 Å². The van der Waals surface area contributed by atoms with Gasteiger partial charge in [-0.05, 0) is 50.1 Å². The lowest BCUT2D eigenvalue weighted by molar-refractivity contribution is -0.117. The van der Waals surface area contributed by atoms with E-state index >= 15 is 0 Å². The minimum absolute atomic E-state index is 0. The van der Waals surface area contributed by atoms with Gasteiger partial charge in [0.05, 0.1) is 6.04 Å². The predicted molar refractivity (Wildman–Crippen MR) is 76.6 cm³/mol. The van der Waals surface area contributed by atoms with Crippen molar-refractivity contribution < 1.29 is 9.59 Å². The number of aryl methyl sites for hydroxylation is 1. The van der Waals surface area contributed by atoms with Crippen LogP contribution in [-0.2, 0) is 4.79 Å². The Morgan fingerprint density at radius 1 is 1.42 bits per heavy atom. The first kappa shape index (κ1) is 15.5. The molecular formula is C13H18ClN3O2. The Labute approximate surface area is 118 Å². The zero-order valence-corrected chi connectivity index (χ0v) is 11.5. The van der Waals surface area contributed by atoms with E-state index in [9.17, 15) is 9.59 Å². The van der Waals surface area contributed by atoms with E-state index in [1.807, 2.05) is 0 Å². The Bertz CT molecular complexity index is 485. The maximum Gasteiger partial charge on any atom is 0.248 e. The zero-order chi connectivity index (χ0) is 13.1. The summed E-state index contributed by atoms with van der Waals surface area (Å²) in [6.45, 7) is 2.68. The summed E-state index contributed by atoms with van der Waals surface area (Å²) in [5.41, 5.74) is 7.16. The van der Waals surface area contributed by atoms with Crippen LogP contribution in [0.2, 0.25) is 0 Å². The molecule has 1 aliphatic heterocycles. The van der Waals surface area contributed by atoms with Crippen LogP contribution in [0.15, 0.2) is 18.2 Å². The molecule has 0 saturated carbocycles. The zero-order valence-electron chi connectivity index (χ0n) is 10.7. The molecule has 1 aromatic rings. The summed E-state index contributed by atoms with van der Waals surface area (Å²) < 4.78 is 0. The minimum Gasteiger partial charge on any atom is -0.366 e. The fourth-order valence-electron chi connectivity index (χ4n) is 2.16. The van der Waals surface area contributed by atoms with Gasteiger partial charge >= 0.3 is 0 Å². The van der Waals surface area contributed by atoms with E-state index in [-0.39, 0.29) is 24.4 Å². The normalized spacial score (nSPS) is 17.6. The number of hydrogen-bond donors (Lipinski definition) is 3. The third-order valence-electron chi connectivity index (χ3n) is 3.14. The number of hydrogen-bond acceptors (Lipinski definition) is 3. The summed E-state index contributed by atoms with van der Waals surface area (Å²) in [5.74, 6) is -0.485. The van der Waals surface area contributed by atoms with Crippen molar-refractivity contribution in [2.75, 3.05) is 11.9 Å². The third-order valence-corrected chi connectivity index (χ3v) is 3.14. The lowest BCUT2D eigenvalue weighted by Gasteiger charge is -2.12. The first-order chi connectivity index (χ1) is 8.58. The van der Waals surface area contributed by atoms with Crippen LogP contribution >= 0.6 is 12.4 Å². The van der Waals surface area contributed by atoms with Crippen molar-refractivity contribution in [1.82, 2.24) is 5.32 Å². The summed E-state index contributed by atoms with van der Waals surface area (Å²) in [6, 6.07) is 4.98. The average molecular weight is 284 g/mol. The van der Waals surface area contributed by atoms with Crippen molar-refractivity contribution in [2.45, 2.75) is 25.8 Å². The van der Waals surface area contributed by atoms with E-state index in [0.717, 1.165) is 24.9 Å². The van der Waals surface area contributed by atoms with Crippen LogP contribution in [-0.4, -0.2) is 24.4 Å². The minimum atomic E-state index is -0.456. The average Bonchev–Trinajstić information content (AvgIpc) is 2.81. The van der Waals surface area contributed by atoms with Crippen LogP contribution in [0.3, 0.4) is 0 Å². The van der Waals surface area contributed by atoms with Crippen molar-refractivity contribution in [3.8, 4) is 0 Å². The number of primary amides is 1. The molecule has 0 bridgehead atoms. The molecule has 4 N–H and O–H groups in total. The van der Waals surface area contributed by atoms with Crippen LogP contribution in [0.25, 0.3) is 0 Å². The molecule has 0 aromatic heterocycles. The Kier molecular flexibility index (Phi) is 5.32. The van der Waals surface area contributed by atoms with Gasteiger partial charge in [0.2, 0.25) is 11.8 Å². The molecule has 1 heterocycles. The topological polar surface area (TPSA) is 84.2 Å². The number of nitrogens with one attached hydrogen (secondary N) is 2. The van der Waals surface area contributed by atoms with Crippen LogP contribution < -0.4 is 16.4 Å². The van der Waals surface area contributed by atoms with Crippen LogP contribution in [0.5, 0.6) is 0 Å². The van der Waals surface area contributed by atoms with Crippen molar-refractivity contribution in [3.63, 3.8) is 0 Å². The van der Waals surface area contributed by atoms with Gasteiger partial charge in [0, 0.05) is 11.3 Å². The molecule has 1 aliphatic rings. The summed E-state index contributed by atoms with van der Waals surface area (Å²) in [6.07, 6.45) is 1.89. The van der Waals surface area contributed by atoms with Gasteiger partial charge in [-0.3, -0.25) is 9.59 Å². The fourth-order valence-corrected chi connectivity index (χ4v) is 2.16. The van der Waals surface area contributed by atoms with Crippen molar-refractivity contribution in [1.29, 1.82) is 0 Å². The quantitative estimate of drug-likeness (QED) is 0.779. The molecule has 6 heteroatoms. The summed E-state index contributed by atoms with van der Waals surface area (Å²) >= 11 is 0. The summed E-state index contributed by atoms with van der Waals surface area (Å²) in [4.78, 5) is 23.0. The maximum absolute atomic E-state index is 11.9. The standard InChI is InChI=1S/C13H17N3O2.ClH/c1-8-7-9(4-5-10(8)12(14)17)16-13(18)11-3-2-6-15-11;/h4-5,7,11,15H,2-3,6H2,1H3,(H2,14,17)(H,16,18);1H. The highest BCUT2D eigenvalue weighted by atomic mass is 35.5. The van der Waals surface area contributed by atoms with Gasteiger partial charge in [0.1, 0.15) is 0 Å². The molecule has 1 atom stereocenters. The van der Waals surface area contributed by atoms with E-state index in [0.29, 0.717) is 11.3 Å². The van der Waals surface area contributed by atoms with Crippen LogP contribution in [0, 0.1) is 6.92 Å². The highest BCUT2D eigenvalue weighted by molar-refractivity contribution is 5.97. The lowest BCUT2D eigenvalue weighted by Crippen LogP contribution is -2.35. The smallest absolute Gasteiger partial charge is 0.248 e. The molecule has 19 heavy (non-hydrogen) atoms. The molecule has 104 valence electrons. The maximum atomic E-state index is 11.9. The van der Waals surface area contributed by atoms with Gasteiger partial charge in [0.15, 0.2) is 0 Å². The molecule has 2 rings (SSSR count). The first-order valence-corrected chi connectivity index (χ1v) is 6.02. The molecule has 2 amide bonds. The highest BCUT2D eigenvalue weighted by Crippen LogP contribution is 2.16. The van der Waals surface area contributed by atoms with E-state index < -0.39 is 5.91 Å². The number of rotatable bonds is 3. The third kappa shape index (κ3) is 3.68. The molecule has 1 fully saturated rings. The summed E-state index contributed by atoms with van der Waals surface area (Å²) in [5, 5.41) is 5.97. The fraction of sp³-hybridized carbons (Fsp3) is 0.385. The van der Waals surface area contributed by atoms with E-state index in [1.165, 1.54) is 0 Å². The molecule has 1 aromatic carbocycles. The number of carbonyl (C=O) groups excluding carboxylic acids is 2. The number of carbonyl (C=O) groups is 2. The van der Waals surface area contributed by atoms with Gasteiger partial charge in [-0.1, -0.05) is 0 Å². The van der Waals surface area contributed by atoms with Gasteiger partial charge in [-0.15, -0.1) is 12.4 Å². The van der Waals surface area contributed by atoms with Crippen molar-refractivity contribution in [2.24, 2.45) is 5.73 Å². The highest BCUT2D eigenvalue weighted by Gasteiger charge is 2.21. The van der Waals surface area contributed by atoms with Gasteiger partial charge < -0.3 is 16.4 Å². The Hall–Kier alpha value is -1.59. The Morgan fingerprint density at radius 2 is 2.16 bits per heavy atom. The molecule has 5 nitrogen and oxygen atoms in total. The number of nitrogens with two attached hydrogens (primary N) is 1. The second-order valence-corrected chi connectivity index (χ2v) is 4.53. The molecule has 0 aliphatic carbocycles. The Balaban J connectivity index is 0.00000180. The monoisotopic (exact) mass is 283 g/mol. The summed E-state index contributed by atoms with van der Waals surface area (Å²) in [7, 11) is 0. The largest absolute Gasteiger partial charge is 0.366 e. The molecule has 1 unspecified atom stereocenters. The molecule has 0 spiro atoms. The first-order valence-electron chi connectivity index (χ1n) is 6.02. The number of benzene rings is 1. The van der Waals surface area contributed by atoms with Crippen LogP contribution in [0.4, 0.5) is 5.69 Å². The lowest BCUT2D eigenvalue weighted by atomic mass is 10.1. The van der Waals surface area contributed by atoms with E-state index in [2.05, 4.69) is 10.6 Å². The van der Waals surface area contributed by atoms with Crippen molar-refractivity contribution in [3.05, 3.63) is 29.3 Å². The Morgan fingerprint density at radius 3 is 2.68 bits per heavy atom. The van der Waals surface area contributed by atoms with Gasteiger partial charge in [-0.2, -0.15) is 0 Å². The number of anilines is 1. The second-order valence-electron chi connectivity index (χ2n) is 4.53. The number of amides is 2. The van der Waals surface area contributed by atoms with Crippen molar-refractivity contribution >= 4 is 29.9 Å². The van der Waals surface area contributed by atoms with E-state index in [4.69, 9.17) is 5.73 Å². The second kappa shape index (κ2) is 6.54. The number of halogens is 1. The molecular weight excluding hydrogens is 266 g/mol. The van der Waals surface area contributed by atoms with Gasteiger partial charge in [0.25, 0.3) is 0 Å². The van der Waals surface area contributed by atoms with Gasteiger partial charge in [-0.25, -0.2) is 0 Å². The molecule has 1 saturated heterocycles. The predicted octanol–water partition coefficient (Wildman–Crippen LogP) is 1.21. The molecule has 0 radical (unpaired) electrons.